The number of carbonyl (C=O) groups excluding carboxylic acids is 1. The number of hydrogen-bond acceptors (Lipinski definition) is 3. The second-order valence-electron chi connectivity index (χ2n) is 4.13. The zero-order valence-corrected chi connectivity index (χ0v) is 9.57. The van der Waals surface area contributed by atoms with Crippen LogP contribution in [0.25, 0.3) is 0 Å². The third-order valence-electron chi connectivity index (χ3n) is 2.61. The molecule has 0 aromatic carbocycles. The molecule has 1 amide bonds. The number of rotatable bonds is 4. The van der Waals surface area contributed by atoms with Gasteiger partial charge in [0.1, 0.15) is 13.2 Å². The van der Waals surface area contributed by atoms with Crippen LogP contribution < -0.4 is 0 Å². The summed E-state index contributed by atoms with van der Waals surface area (Å²) >= 11 is 0. The largest absolute Gasteiger partial charge is 0.481 e. The number of likely N-dealkylation sites (tertiary alicyclic amines) is 1. The number of amides is 1. The third kappa shape index (κ3) is 4.91. The molecule has 1 aliphatic heterocycles. The van der Waals surface area contributed by atoms with Gasteiger partial charge >= 0.3 is 12.1 Å². The van der Waals surface area contributed by atoms with Crippen molar-refractivity contribution in [3.05, 3.63) is 0 Å². The number of hydrogen-bond donors (Lipinski definition) is 1. The van der Waals surface area contributed by atoms with Gasteiger partial charge in [-0.05, 0) is 12.8 Å². The van der Waals surface area contributed by atoms with Crippen molar-refractivity contribution in [2.75, 3.05) is 26.3 Å². The molecule has 0 saturated carbocycles. The van der Waals surface area contributed by atoms with Gasteiger partial charge in [-0.2, -0.15) is 13.2 Å². The van der Waals surface area contributed by atoms with Crippen LogP contribution in [0.4, 0.5) is 13.2 Å². The van der Waals surface area contributed by atoms with Gasteiger partial charge in [0.25, 0.3) is 0 Å². The zero-order chi connectivity index (χ0) is 13.8. The van der Waals surface area contributed by atoms with Crippen molar-refractivity contribution in [1.82, 2.24) is 4.90 Å². The number of carbonyl (C=O) groups is 2. The lowest BCUT2D eigenvalue weighted by Gasteiger charge is -2.30. The Bertz CT molecular complexity index is 319. The van der Waals surface area contributed by atoms with Crippen LogP contribution in [0.5, 0.6) is 0 Å². The number of carboxylic acids is 1. The highest BCUT2D eigenvalue weighted by Gasteiger charge is 2.30. The molecule has 18 heavy (non-hydrogen) atoms. The van der Waals surface area contributed by atoms with Gasteiger partial charge < -0.3 is 14.7 Å². The fraction of sp³-hybridized carbons (Fsp3) is 0.800. The molecule has 0 radical (unpaired) electrons. The summed E-state index contributed by atoms with van der Waals surface area (Å²) in [5.41, 5.74) is 0. The number of halogens is 3. The van der Waals surface area contributed by atoms with Crippen LogP contribution in [0.1, 0.15) is 12.8 Å². The maximum atomic E-state index is 11.8. The molecule has 1 heterocycles. The second-order valence-corrected chi connectivity index (χ2v) is 4.13. The Morgan fingerprint density at radius 2 is 2.06 bits per heavy atom. The molecule has 104 valence electrons. The molecular formula is C10H14F3NO4. The summed E-state index contributed by atoms with van der Waals surface area (Å²) in [7, 11) is 0. The summed E-state index contributed by atoms with van der Waals surface area (Å²) in [6.45, 7) is -1.76. The fourth-order valence-electron chi connectivity index (χ4n) is 1.75. The summed E-state index contributed by atoms with van der Waals surface area (Å²) in [5, 5.41) is 8.80. The molecule has 0 aromatic heterocycles. The molecule has 1 saturated heterocycles. The first-order chi connectivity index (χ1) is 8.29. The van der Waals surface area contributed by atoms with Crippen LogP contribution in [0.15, 0.2) is 0 Å². The Balaban J connectivity index is 2.35. The van der Waals surface area contributed by atoms with Crippen molar-refractivity contribution in [2.24, 2.45) is 5.92 Å². The Hall–Kier alpha value is -1.31. The van der Waals surface area contributed by atoms with E-state index >= 15 is 0 Å². The summed E-state index contributed by atoms with van der Waals surface area (Å²) in [6, 6.07) is 0. The average Bonchev–Trinajstić information content (AvgIpc) is 2.27. The zero-order valence-electron chi connectivity index (χ0n) is 9.57. The molecule has 8 heteroatoms. The van der Waals surface area contributed by atoms with Crippen molar-refractivity contribution in [3.8, 4) is 0 Å². The molecule has 0 bridgehead atoms. The number of aliphatic carboxylic acids is 1. The summed E-state index contributed by atoms with van der Waals surface area (Å²) < 4.78 is 39.6. The van der Waals surface area contributed by atoms with Crippen LogP contribution in [-0.4, -0.2) is 54.4 Å². The highest BCUT2D eigenvalue weighted by molar-refractivity contribution is 5.79. The van der Waals surface area contributed by atoms with Crippen molar-refractivity contribution in [2.45, 2.75) is 19.0 Å². The molecule has 1 unspecified atom stereocenters. The first-order valence-corrected chi connectivity index (χ1v) is 5.44. The van der Waals surface area contributed by atoms with Gasteiger partial charge in [-0.1, -0.05) is 0 Å². The lowest BCUT2D eigenvalue weighted by atomic mass is 9.98. The first-order valence-electron chi connectivity index (χ1n) is 5.44. The van der Waals surface area contributed by atoms with E-state index in [1.807, 2.05) is 0 Å². The Morgan fingerprint density at radius 3 is 2.61 bits per heavy atom. The van der Waals surface area contributed by atoms with E-state index in [0.717, 1.165) is 0 Å². The minimum atomic E-state index is -4.47. The van der Waals surface area contributed by atoms with E-state index in [-0.39, 0.29) is 6.54 Å². The number of piperidine rings is 1. The van der Waals surface area contributed by atoms with E-state index in [1.165, 1.54) is 4.90 Å². The molecule has 1 fully saturated rings. The van der Waals surface area contributed by atoms with Crippen LogP contribution in [0, 0.1) is 5.92 Å². The SMILES string of the molecule is O=C(O)C1CCCN(C(=O)COCC(F)(F)F)C1. The van der Waals surface area contributed by atoms with E-state index < -0.39 is 37.2 Å². The standard InChI is InChI=1S/C10H14F3NO4/c11-10(12,13)6-18-5-8(15)14-3-1-2-7(4-14)9(16)17/h7H,1-6H2,(H,16,17). The molecule has 1 atom stereocenters. The average molecular weight is 269 g/mol. The molecule has 1 aliphatic rings. The van der Waals surface area contributed by atoms with Gasteiger partial charge in [-0.3, -0.25) is 9.59 Å². The number of alkyl halides is 3. The summed E-state index contributed by atoms with van der Waals surface area (Å²) in [6.07, 6.45) is -3.46. The van der Waals surface area contributed by atoms with Crippen molar-refractivity contribution in [1.29, 1.82) is 0 Å². The lowest BCUT2D eigenvalue weighted by Crippen LogP contribution is -2.44. The highest BCUT2D eigenvalue weighted by Crippen LogP contribution is 2.17. The van der Waals surface area contributed by atoms with Gasteiger partial charge in [-0.25, -0.2) is 0 Å². The maximum Gasteiger partial charge on any atom is 0.411 e. The Morgan fingerprint density at radius 1 is 1.39 bits per heavy atom. The summed E-state index contributed by atoms with van der Waals surface area (Å²) in [4.78, 5) is 23.5. The topological polar surface area (TPSA) is 66.8 Å². The van der Waals surface area contributed by atoms with E-state index in [0.29, 0.717) is 19.4 Å². The van der Waals surface area contributed by atoms with Gasteiger partial charge in [0.05, 0.1) is 5.92 Å². The highest BCUT2D eigenvalue weighted by atomic mass is 19.4. The monoisotopic (exact) mass is 269 g/mol. The lowest BCUT2D eigenvalue weighted by molar-refractivity contribution is -0.178. The van der Waals surface area contributed by atoms with Gasteiger partial charge in [-0.15, -0.1) is 0 Å². The van der Waals surface area contributed by atoms with Crippen molar-refractivity contribution in [3.63, 3.8) is 0 Å². The van der Waals surface area contributed by atoms with Crippen LogP contribution in [0.2, 0.25) is 0 Å². The molecule has 0 aliphatic carbocycles. The van der Waals surface area contributed by atoms with Crippen molar-refractivity contribution < 1.29 is 32.6 Å². The van der Waals surface area contributed by atoms with Gasteiger partial charge in [0.15, 0.2) is 0 Å². The third-order valence-corrected chi connectivity index (χ3v) is 2.61. The Labute approximate surface area is 102 Å². The van der Waals surface area contributed by atoms with Gasteiger partial charge in [0, 0.05) is 13.1 Å². The quantitative estimate of drug-likeness (QED) is 0.823. The minimum Gasteiger partial charge on any atom is -0.481 e. The summed E-state index contributed by atoms with van der Waals surface area (Å²) in [5.74, 6) is -2.25. The fourth-order valence-corrected chi connectivity index (χ4v) is 1.75. The van der Waals surface area contributed by atoms with E-state index in [2.05, 4.69) is 4.74 Å². The number of carboxylic acid groups (broad SMARTS) is 1. The molecule has 5 nitrogen and oxygen atoms in total. The van der Waals surface area contributed by atoms with Crippen LogP contribution in [0.3, 0.4) is 0 Å². The normalized spacial score (nSPS) is 20.8. The molecule has 0 aromatic rings. The van der Waals surface area contributed by atoms with Crippen molar-refractivity contribution >= 4 is 11.9 Å². The van der Waals surface area contributed by atoms with Gasteiger partial charge in [0.2, 0.25) is 5.91 Å². The maximum absolute atomic E-state index is 11.8. The van der Waals surface area contributed by atoms with Crippen LogP contribution >= 0.6 is 0 Å². The predicted molar refractivity (Wildman–Crippen MR) is 53.8 cm³/mol. The van der Waals surface area contributed by atoms with E-state index in [4.69, 9.17) is 5.11 Å². The molecule has 1 N–H and O–H groups in total. The van der Waals surface area contributed by atoms with E-state index in [1.54, 1.807) is 0 Å². The Kier molecular flexibility index (Phi) is 4.94. The molecular weight excluding hydrogens is 255 g/mol. The number of ether oxygens (including phenoxy) is 1. The molecule has 1 rings (SSSR count). The molecule has 0 spiro atoms. The first kappa shape index (κ1) is 14.7. The predicted octanol–water partition coefficient (Wildman–Crippen LogP) is 0.889. The second kappa shape index (κ2) is 6.03. The van der Waals surface area contributed by atoms with Crippen LogP contribution in [-0.2, 0) is 14.3 Å². The number of nitrogens with zero attached hydrogens (tertiary/aromatic N) is 1. The van der Waals surface area contributed by atoms with E-state index in [9.17, 15) is 22.8 Å². The smallest absolute Gasteiger partial charge is 0.411 e. The minimum absolute atomic E-state index is 0.0313.